The minimum atomic E-state index is -0.374. The molecule has 112 valence electrons. The highest BCUT2D eigenvalue weighted by atomic mass is 35.5. The number of hydrazine groups is 1. The summed E-state index contributed by atoms with van der Waals surface area (Å²) in [6, 6.07) is 10.5. The van der Waals surface area contributed by atoms with E-state index in [1.165, 1.54) is 0 Å². The Hall–Kier alpha value is -1.46. The molecule has 0 aromatic heterocycles. The standard InChI is InChI=1S/C15H16Cl2N2O2/c1-20-9-6-7-13(21-2)11(8-9)15(19-18)10-4-3-5-12(16)14(10)17/h3-8,15,19H,18H2,1-2H3. The maximum atomic E-state index is 6.29. The minimum absolute atomic E-state index is 0.374. The number of benzene rings is 2. The van der Waals surface area contributed by atoms with Gasteiger partial charge in [-0.1, -0.05) is 35.3 Å². The molecule has 0 fully saturated rings. The Morgan fingerprint density at radius 3 is 2.43 bits per heavy atom. The van der Waals surface area contributed by atoms with Gasteiger partial charge in [-0.2, -0.15) is 0 Å². The van der Waals surface area contributed by atoms with Gasteiger partial charge in [-0.15, -0.1) is 0 Å². The van der Waals surface area contributed by atoms with Gasteiger partial charge in [-0.05, 0) is 29.8 Å². The van der Waals surface area contributed by atoms with Crippen LogP contribution in [0.4, 0.5) is 0 Å². The smallest absolute Gasteiger partial charge is 0.124 e. The van der Waals surface area contributed by atoms with Crippen LogP contribution in [0.1, 0.15) is 17.2 Å². The van der Waals surface area contributed by atoms with Gasteiger partial charge in [0.2, 0.25) is 0 Å². The average Bonchev–Trinajstić information content (AvgIpc) is 2.52. The van der Waals surface area contributed by atoms with Gasteiger partial charge in [0.05, 0.1) is 30.3 Å². The van der Waals surface area contributed by atoms with Crippen LogP contribution in [-0.4, -0.2) is 14.2 Å². The normalized spacial score (nSPS) is 12.0. The first-order valence-corrected chi connectivity index (χ1v) is 7.00. The largest absolute Gasteiger partial charge is 0.497 e. The van der Waals surface area contributed by atoms with Crippen molar-refractivity contribution in [2.24, 2.45) is 5.84 Å². The third-order valence-corrected chi connectivity index (χ3v) is 4.04. The second-order valence-electron chi connectivity index (χ2n) is 4.35. The van der Waals surface area contributed by atoms with Crippen molar-refractivity contribution in [1.82, 2.24) is 5.43 Å². The van der Waals surface area contributed by atoms with Gasteiger partial charge in [0.15, 0.2) is 0 Å². The summed E-state index contributed by atoms with van der Waals surface area (Å²) in [5.74, 6) is 7.10. The Kier molecular flexibility index (Phi) is 5.31. The molecule has 0 bridgehead atoms. The lowest BCUT2D eigenvalue weighted by Crippen LogP contribution is -2.29. The second-order valence-corrected chi connectivity index (χ2v) is 5.14. The summed E-state index contributed by atoms with van der Waals surface area (Å²) in [5, 5.41) is 0.920. The highest BCUT2D eigenvalue weighted by Crippen LogP contribution is 2.37. The number of nitrogens with two attached hydrogens (primary N) is 1. The van der Waals surface area contributed by atoms with E-state index in [1.54, 1.807) is 20.3 Å². The first-order chi connectivity index (χ1) is 10.1. The van der Waals surface area contributed by atoms with Gasteiger partial charge >= 0.3 is 0 Å². The molecule has 0 spiro atoms. The van der Waals surface area contributed by atoms with E-state index in [9.17, 15) is 0 Å². The molecule has 3 N–H and O–H groups in total. The average molecular weight is 327 g/mol. The molecular weight excluding hydrogens is 311 g/mol. The fourth-order valence-corrected chi connectivity index (χ4v) is 2.57. The Morgan fingerprint density at radius 1 is 1.05 bits per heavy atom. The zero-order valence-electron chi connectivity index (χ0n) is 11.7. The lowest BCUT2D eigenvalue weighted by Gasteiger charge is -2.21. The SMILES string of the molecule is COc1ccc(OC)c(C(NN)c2cccc(Cl)c2Cl)c1. The van der Waals surface area contributed by atoms with Crippen LogP contribution in [0, 0.1) is 0 Å². The zero-order chi connectivity index (χ0) is 15.4. The lowest BCUT2D eigenvalue weighted by molar-refractivity contribution is 0.394. The molecule has 21 heavy (non-hydrogen) atoms. The first-order valence-electron chi connectivity index (χ1n) is 6.24. The molecule has 0 radical (unpaired) electrons. The molecule has 0 saturated carbocycles. The van der Waals surface area contributed by atoms with E-state index in [0.717, 1.165) is 11.1 Å². The summed E-state index contributed by atoms with van der Waals surface area (Å²) in [4.78, 5) is 0. The Balaban J connectivity index is 2.57. The Bertz CT molecular complexity index is 635. The van der Waals surface area contributed by atoms with Crippen LogP contribution in [0.15, 0.2) is 36.4 Å². The van der Waals surface area contributed by atoms with Crippen molar-refractivity contribution >= 4 is 23.2 Å². The Labute approximate surface area is 133 Å². The fraction of sp³-hybridized carbons (Fsp3) is 0.200. The van der Waals surface area contributed by atoms with E-state index >= 15 is 0 Å². The van der Waals surface area contributed by atoms with Gasteiger partial charge in [-0.25, -0.2) is 5.43 Å². The second kappa shape index (κ2) is 7.00. The molecule has 6 heteroatoms. The number of nitrogens with one attached hydrogen (secondary N) is 1. The highest BCUT2D eigenvalue weighted by Gasteiger charge is 2.21. The topological polar surface area (TPSA) is 56.5 Å². The number of halogens is 2. The molecule has 0 saturated heterocycles. The number of hydrogen-bond acceptors (Lipinski definition) is 4. The first kappa shape index (κ1) is 15.9. The number of ether oxygens (including phenoxy) is 2. The molecule has 2 rings (SSSR count). The van der Waals surface area contributed by atoms with Crippen LogP contribution in [0.3, 0.4) is 0 Å². The molecule has 1 atom stereocenters. The third kappa shape index (κ3) is 3.24. The van der Waals surface area contributed by atoms with Crippen LogP contribution in [0.2, 0.25) is 10.0 Å². The molecular formula is C15H16Cl2N2O2. The van der Waals surface area contributed by atoms with Crippen LogP contribution in [0.25, 0.3) is 0 Å². The van der Waals surface area contributed by atoms with E-state index in [2.05, 4.69) is 5.43 Å². The lowest BCUT2D eigenvalue weighted by atomic mass is 9.98. The maximum Gasteiger partial charge on any atom is 0.124 e. The summed E-state index contributed by atoms with van der Waals surface area (Å²) in [5.41, 5.74) is 4.32. The van der Waals surface area contributed by atoms with Gasteiger partial charge in [-0.3, -0.25) is 5.84 Å². The van der Waals surface area contributed by atoms with E-state index in [4.69, 9.17) is 38.5 Å². The van der Waals surface area contributed by atoms with Gasteiger partial charge < -0.3 is 9.47 Å². The van der Waals surface area contributed by atoms with Crippen LogP contribution in [-0.2, 0) is 0 Å². The van der Waals surface area contributed by atoms with E-state index in [1.807, 2.05) is 30.3 Å². The summed E-state index contributed by atoms with van der Waals surface area (Å²) in [6.07, 6.45) is 0. The predicted molar refractivity (Wildman–Crippen MR) is 85.2 cm³/mol. The Morgan fingerprint density at radius 2 is 1.81 bits per heavy atom. The quantitative estimate of drug-likeness (QED) is 0.651. The molecule has 1 unspecified atom stereocenters. The van der Waals surface area contributed by atoms with Crippen molar-refractivity contribution in [1.29, 1.82) is 0 Å². The number of methoxy groups -OCH3 is 2. The zero-order valence-corrected chi connectivity index (χ0v) is 13.2. The maximum absolute atomic E-state index is 6.29. The van der Waals surface area contributed by atoms with E-state index in [0.29, 0.717) is 21.5 Å². The van der Waals surface area contributed by atoms with Crippen LogP contribution >= 0.6 is 23.2 Å². The van der Waals surface area contributed by atoms with E-state index in [-0.39, 0.29) is 6.04 Å². The third-order valence-electron chi connectivity index (χ3n) is 3.21. The molecule has 0 aliphatic rings. The summed E-state index contributed by atoms with van der Waals surface area (Å²) in [6.45, 7) is 0. The monoisotopic (exact) mass is 326 g/mol. The van der Waals surface area contributed by atoms with Crippen molar-refractivity contribution < 1.29 is 9.47 Å². The fourth-order valence-electron chi connectivity index (χ4n) is 2.16. The van der Waals surface area contributed by atoms with Crippen molar-refractivity contribution in [3.05, 3.63) is 57.6 Å². The minimum Gasteiger partial charge on any atom is -0.497 e. The summed E-state index contributed by atoms with van der Waals surface area (Å²) in [7, 11) is 3.20. The highest BCUT2D eigenvalue weighted by molar-refractivity contribution is 6.42. The van der Waals surface area contributed by atoms with Crippen molar-refractivity contribution in [3.8, 4) is 11.5 Å². The molecule has 2 aromatic carbocycles. The molecule has 0 heterocycles. The van der Waals surface area contributed by atoms with Gasteiger partial charge in [0.1, 0.15) is 11.5 Å². The molecule has 0 aliphatic heterocycles. The predicted octanol–water partition coefficient (Wildman–Crippen LogP) is 3.56. The van der Waals surface area contributed by atoms with Crippen molar-refractivity contribution in [2.75, 3.05) is 14.2 Å². The van der Waals surface area contributed by atoms with Gasteiger partial charge in [0.25, 0.3) is 0 Å². The van der Waals surface area contributed by atoms with E-state index < -0.39 is 0 Å². The van der Waals surface area contributed by atoms with Crippen molar-refractivity contribution in [3.63, 3.8) is 0 Å². The van der Waals surface area contributed by atoms with Crippen molar-refractivity contribution in [2.45, 2.75) is 6.04 Å². The van der Waals surface area contributed by atoms with Gasteiger partial charge in [0, 0.05) is 5.56 Å². The molecule has 2 aromatic rings. The molecule has 4 nitrogen and oxygen atoms in total. The van der Waals surface area contributed by atoms with Crippen LogP contribution in [0.5, 0.6) is 11.5 Å². The number of rotatable bonds is 5. The molecule has 0 aliphatic carbocycles. The number of hydrogen-bond donors (Lipinski definition) is 2. The molecule has 0 amide bonds. The van der Waals surface area contributed by atoms with Crippen LogP contribution < -0.4 is 20.7 Å². The summed E-state index contributed by atoms with van der Waals surface area (Å²) >= 11 is 12.4. The summed E-state index contributed by atoms with van der Waals surface area (Å²) < 4.78 is 10.6.